The fourth-order valence-electron chi connectivity index (χ4n) is 2.16. The van der Waals surface area contributed by atoms with Crippen molar-refractivity contribution in [1.82, 2.24) is 10.2 Å². The van der Waals surface area contributed by atoms with Crippen molar-refractivity contribution in [2.24, 2.45) is 0 Å². The van der Waals surface area contributed by atoms with E-state index in [4.69, 9.17) is 4.74 Å². The molecular formula is C18H16BrN3O2S. The smallest absolute Gasteiger partial charge is 0.261 e. The second-order valence-electron chi connectivity index (χ2n) is 5.18. The van der Waals surface area contributed by atoms with Gasteiger partial charge in [0, 0.05) is 10.0 Å². The number of hydrogen-bond acceptors (Lipinski definition) is 5. The standard InChI is InChI=1S/C18H16BrN3O2S/c1-2-16-21-22-18(25-16)20-17(23)13-8-4-6-10-15(13)24-11-12-7-3-5-9-14(12)19/h3-10H,2,11H2,1H3,(H,20,22,23). The highest BCUT2D eigenvalue weighted by molar-refractivity contribution is 9.10. The summed E-state index contributed by atoms with van der Waals surface area (Å²) >= 11 is 4.87. The molecule has 0 fully saturated rings. The molecule has 128 valence electrons. The molecule has 0 bridgehead atoms. The van der Waals surface area contributed by atoms with Gasteiger partial charge in [-0.15, -0.1) is 10.2 Å². The molecule has 0 aliphatic heterocycles. The van der Waals surface area contributed by atoms with Crippen LogP contribution in [0.3, 0.4) is 0 Å². The Morgan fingerprint density at radius 1 is 1.16 bits per heavy atom. The highest BCUT2D eigenvalue weighted by Crippen LogP contribution is 2.24. The van der Waals surface area contributed by atoms with Gasteiger partial charge in [0.1, 0.15) is 17.4 Å². The molecule has 0 saturated heterocycles. The molecule has 0 atom stereocenters. The van der Waals surface area contributed by atoms with Crippen LogP contribution in [0, 0.1) is 0 Å². The number of carbonyl (C=O) groups is 1. The Kier molecular flexibility index (Phi) is 5.78. The van der Waals surface area contributed by atoms with Crippen LogP contribution in [0.1, 0.15) is 27.9 Å². The summed E-state index contributed by atoms with van der Waals surface area (Å²) in [6.45, 7) is 2.36. The molecule has 0 radical (unpaired) electrons. The van der Waals surface area contributed by atoms with Gasteiger partial charge in [0.15, 0.2) is 0 Å². The van der Waals surface area contributed by atoms with Crippen molar-refractivity contribution in [3.63, 3.8) is 0 Å². The Bertz CT molecular complexity index is 882. The Balaban J connectivity index is 1.73. The first kappa shape index (κ1) is 17.6. The summed E-state index contributed by atoms with van der Waals surface area (Å²) in [6, 6.07) is 15.0. The topological polar surface area (TPSA) is 64.1 Å². The zero-order valence-corrected chi connectivity index (χ0v) is 15.9. The Hall–Kier alpha value is -2.25. The maximum absolute atomic E-state index is 12.5. The minimum absolute atomic E-state index is 0.262. The Morgan fingerprint density at radius 3 is 2.68 bits per heavy atom. The van der Waals surface area contributed by atoms with Crippen LogP contribution in [0.25, 0.3) is 0 Å². The van der Waals surface area contributed by atoms with Crippen molar-refractivity contribution in [2.75, 3.05) is 5.32 Å². The number of aryl methyl sites for hydroxylation is 1. The van der Waals surface area contributed by atoms with Crippen LogP contribution < -0.4 is 10.1 Å². The van der Waals surface area contributed by atoms with Gasteiger partial charge >= 0.3 is 0 Å². The molecule has 0 spiro atoms. The molecule has 0 aliphatic carbocycles. The zero-order chi connectivity index (χ0) is 17.6. The molecule has 0 saturated carbocycles. The quantitative estimate of drug-likeness (QED) is 0.631. The summed E-state index contributed by atoms with van der Waals surface area (Å²) in [4.78, 5) is 12.5. The lowest BCUT2D eigenvalue weighted by Gasteiger charge is -2.11. The van der Waals surface area contributed by atoms with E-state index in [1.807, 2.05) is 37.3 Å². The number of para-hydroxylation sites is 1. The predicted octanol–water partition coefficient (Wildman–Crippen LogP) is 4.69. The second kappa shape index (κ2) is 8.22. The molecule has 3 aromatic rings. The van der Waals surface area contributed by atoms with Gasteiger partial charge in [0.25, 0.3) is 5.91 Å². The number of nitrogens with zero attached hydrogens (tertiary/aromatic N) is 2. The fourth-order valence-corrected chi connectivity index (χ4v) is 3.24. The number of ether oxygens (including phenoxy) is 1. The first-order valence-corrected chi connectivity index (χ1v) is 9.37. The SMILES string of the molecule is CCc1nnc(NC(=O)c2ccccc2OCc2ccccc2Br)s1. The Morgan fingerprint density at radius 2 is 1.92 bits per heavy atom. The maximum atomic E-state index is 12.5. The van der Waals surface area contributed by atoms with Crippen LogP contribution >= 0.6 is 27.3 Å². The van der Waals surface area contributed by atoms with E-state index in [1.165, 1.54) is 11.3 Å². The van der Waals surface area contributed by atoms with Crippen LogP contribution in [0.15, 0.2) is 53.0 Å². The van der Waals surface area contributed by atoms with Crippen molar-refractivity contribution in [3.8, 4) is 5.75 Å². The largest absolute Gasteiger partial charge is 0.488 e. The highest BCUT2D eigenvalue weighted by Gasteiger charge is 2.15. The van der Waals surface area contributed by atoms with Gasteiger partial charge < -0.3 is 4.74 Å². The second-order valence-corrected chi connectivity index (χ2v) is 7.10. The molecule has 25 heavy (non-hydrogen) atoms. The minimum Gasteiger partial charge on any atom is -0.488 e. The van der Waals surface area contributed by atoms with Gasteiger partial charge in [-0.3, -0.25) is 10.1 Å². The third-order valence-electron chi connectivity index (χ3n) is 3.46. The first-order chi connectivity index (χ1) is 12.2. The highest BCUT2D eigenvalue weighted by atomic mass is 79.9. The van der Waals surface area contributed by atoms with E-state index in [-0.39, 0.29) is 5.91 Å². The Labute approximate surface area is 158 Å². The van der Waals surface area contributed by atoms with E-state index in [2.05, 4.69) is 31.4 Å². The van der Waals surface area contributed by atoms with Crippen LogP contribution in [-0.2, 0) is 13.0 Å². The van der Waals surface area contributed by atoms with Gasteiger partial charge in [-0.1, -0.05) is 64.5 Å². The lowest BCUT2D eigenvalue weighted by Crippen LogP contribution is -2.13. The first-order valence-electron chi connectivity index (χ1n) is 7.76. The van der Waals surface area contributed by atoms with E-state index in [0.717, 1.165) is 21.5 Å². The summed E-state index contributed by atoms with van der Waals surface area (Å²) in [7, 11) is 0. The lowest BCUT2D eigenvalue weighted by molar-refractivity contribution is 0.102. The van der Waals surface area contributed by atoms with Crippen LogP contribution in [0.4, 0.5) is 5.13 Å². The zero-order valence-electron chi connectivity index (χ0n) is 13.5. The van der Waals surface area contributed by atoms with Crippen LogP contribution in [0.2, 0.25) is 0 Å². The minimum atomic E-state index is -0.262. The number of anilines is 1. The molecule has 5 nitrogen and oxygen atoms in total. The van der Waals surface area contributed by atoms with Crippen molar-refractivity contribution in [1.29, 1.82) is 0 Å². The van der Waals surface area contributed by atoms with Crippen LogP contribution in [-0.4, -0.2) is 16.1 Å². The van der Waals surface area contributed by atoms with E-state index in [1.54, 1.807) is 18.2 Å². The van der Waals surface area contributed by atoms with E-state index >= 15 is 0 Å². The summed E-state index contributed by atoms with van der Waals surface area (Å²) in [5.41, 5.74) is 1.47. The third kappa shape index (κ3) is 4.43. The van der Waals surface area contributed by atoms with E-state index in [9.17, 15) is 4.79 Å². The average molecular weight is 418 g/mol. The number of benzene rings is 2. The number of amides is 1. The molecule has 1 amide bonds. The summed E-state index contributed by atoms with van der Waals surface area (Å²) in [5, 5.41) is 12.1. The summed E-state index contributed by atoms with van der Waals surface area (Å²) in [6.07, 6.45) is 0.791. The molecular weight excluding hydrogens is 402 g/mol. The van der Waals surface area contributed by atoms with E-state index < -0.39 is 0 Å². The van der Waals surface area contributed by atoms with Gasteiger partial charge in [0.2, 0.25) is 5.13 Å². The number of halogens is 1. The molecule has 2 aromatic carbocycles. The molecule has 1 aromatic heterocycles. The summed E-state index contributed by atoms with van der Waals surface area (Å²) < 4.78 is 6.84. The van der Waals surface area contributed by atoms with Gasteiger partial charge in [-0.2, -0.15) is 0 Å². The van der Waals surface area contributed by atoms with Crippen LogP contribution in [0.5, 0.6) is 5.75 Å². The van der Waals surface area contributed by atoms with Gasteiger partial charge in [-0.05, 0) is 24.6 Å². The maximum Gasteiger partial charge on any atom is 0.261 e. The average Bonchev–Trinajstić information content (AvgIpc) is 3.09. The van der Waals surface area contributed by atoms with Crippen molar-refractivity contribution < 1.29 is 9.53 Å². The molecule has 0 unspecified atom stereocenters. The van der Waals surface area contributed by atoms with Crippen molar-refractivity contribution in [3.05, 3.63) is 69.1 Å². The number of rotatable bonds is 6. The predicted molar refractivity (Wildman–Crippen MR) is 102 cm³/mol. The molecule has 1 N–H and O–H groups in total. The number of nitrogens with one attached hydrogen (secondary N) is 1. The van der Waals surface area contributed by atoms with Crippen molar-refractivity contribution in [2.45, 2.75) is 20.0 Å². The normalized spacial score (nSPS) is 10.5. The summed E-state index contributed by atoms with van der Waals surface area (Å²) in [5.74, 6) is 0.262. The number of carbonyl (C=O) groups excluding carboxylic acids is 1. The molecule has 3 rings (SSSR count). The van der Waals surface area contributed by atoms with Gasteiger partial charge in [0.05, 0.1) is 5.56 Å². The number of hydrogen-bond donors (Lipinski definition) is 1. The number of aromatic nitrogens is 2. The van der Waals surface area contributed by atoms with Gasteiger partial charge in [-0.25, -0.2) is 0 Å². The molecule has 0 aliphatic rings. The molecule has 1 heterocycles. The fraction of sp³-hybridized carbons (Fsp3) is 0.167. The molecule has 7 heteroatoms. The third-order valence-corrected chi connectivity index (χ3v) is 5.22. The van der Waals surface area contributed by atoms with E-state index in [0.29, 0.717) is 23.1 Å². The lowest BCUT2D eigenvalue weighted by atomic mass is 10.2. The monoisotopic (exact) mass is 417 g/mol. The van der Waals surface area contributed by atoms with Crippen molar-refractivity contribution >= 4 is 38.3 Å².